The van der Waals surface area contributed by atoms with Crippen LogP contribution in [-0.4, -0.2) is 24.5 Å². The van der Waals surface area contributed by atoms with Crippen LogP contribution in [0.3, 0.4) is 0 Å². The van der Waals surface area contributed by atoms with Gasteiger partial charge >= 0.3 is 0 Å². The van der Waals surface area contributed by atoms with Gasteiger partial charge in [-0.25, -0.2) is 4.98 Å². The Balaban J connectivity index is 1.95. The average Bonchev–Trinajstić information content (AvgIpc) is 2.54. The van der Waals surface area contributed by atoms with Crippen molar-refractivity contribution in [2.75, 3.05) is 18.5 Å². The number of anilines is 1. The topological polar surface area (TPSA) is 45.2 Å². The summed E-state index contributed by atoms with van der Waals surface area (Å²) in [5.74, 6) is 0.673. The minimum absolute atomic E-state index is 0.00227. The quantitative estimate of drug-likeness (QED) is 0.905. The van der Waals surface area contributed by atoms with E-state index >= 15 is 0 Å². The van der Waals surface area contributed by atoms with Crippen LogP contribution in [0.5, 0.6) is 0 Å². The third-order valence-electron chi connectivity index (χ3n) is 3.67. The molecule has 1 aliphatic rings. The SMILES string of the molecule is CN(C(=O)c1cccc2c1CCNC2)c1ccccn1. The van der Waals surface area contributed by atoms with E-state index in [-0.39, 0.29) is 5.91 Å². The largest absolute Gasteiger partial charge is 0.312 e. The first-order valence-corrected chi connectivity index (χ1v) is 6.78. The maximum Gasteiger partial charge on any atom is 0.259 e. The molecule has 4 nitrogen and oxygen atoms in total. The molecule has 0 spiro atoms. The molecule has 2 heterocycles. The van der Waals surface area contributed by atoms with E-state index in [2.05, 4.69) is 16.4 Å². The number of hydrogen-bond acceptors (Lipinski definition) is 3. The molecule has 0 radical (unpaired) electrons. The van der Waals surface area contributed by atoms with E-state index < -0.39 is 0 Å². The van der Waals surface area contributed by atoms with Crippen LogP contribution in [0.2, 0.25) is 0 Å². The van der Waals surface area contributed by atoms with E-state index in [9.17, 15) is 4.79 Å². The number of benzene rings is 1. The number of rotatable bonds is 2. The van der Waals surface area contributed by atoms with Crippen molar-refractivity contribution in [2.45, 2.75) is 13.0 Å². The molecule has 2 aromatic rings. The van der Waals surface area contributed by atoms with Gasteiger partial charge in [-0.1, -0.05) is 18.2 Å². The van der Waals surface area contributed by atoms with Gasteiger partial charge in [0.05, 0.1) is 0 Å². The third kappa shape index (κ3) is 2.30. The fourth-order valence-corrected chi connectivity index (χ4v) is 2.57. The molecule has 4 heteroatoms. The molecule has 1 aromatic carbocycles. The van der Waals surface area contributed by atoms with Crippen LogP contribution < -0.4 is 10.2 Å². The van der Waals surface area contributed by atoms with Crippen LogP contribution in [0, 0.1) is 0 Å². The van der Waals surface area contributed by atoms with Crippen LogP contribution in [0.15, 0.2) is 42.6 Å². The van der Waals surface area contributed by atoms with E-state index in [4.69, 9.17) is 0 Å². The van der Waals surface area contributed by atoms with Crippen molar-refractivity contribution < 1.29 is 4.79 Å². The molecule has 0 fully saturated rings. The summed E-state index contributed by atoms with van der Waals surface area (Å²) in [5, 5.41) is 3.33. The van der Waals surface area contributed by atoms with Gasteiger partial charge in [0.2, 0.25) is 0 Å². The lowest BCUT2D eigenvalue weighted by Crippen LogP contribution is -2.31. The number of nitrogens with one attached hydrogen (secondary N) is 1. The van der Waals surface area contributed by atoms with E-state index in [0.29, 0.717) is 5.82 Å². The Kier molecular flexibility index (Phi) is 3.48. The highest BCUT2D eigenvalue weighted by Gasteiger charge is 2.20. The molecule has 0 aliphatic carbocycles. The highest BCUT2D eigenvalue weighted by atomic mass is 16.2. The summed E-state index contributed by atoms with van der Waals surface area (Å²) < 4.78 is 0. The molecule has 20 heavy (non-hydrogen) atoms. The summed E-state index contributed by atoms with van der Waals surface area (Å²) in [6.07, 6.45) is 2.59. The van der Waals surface area contributed by atoms with Crippen molar-refractivity contribution in [3.63, 3.8) is 0 Å². The summed E-state index contributed by atoms with van der Waals surface area (Å²) >= 11 is 0. The van der Waals surface area contributed by atoms with Gasteiger partial charge in [0.1, 0.15) is 5.82 Å². The van der Waals surface area contributed by atoms with Gasteiger partial charge in [0.25, 0.3) is 5.91 Å². The Morgan fingerprint density at radius 2 is 2.15 bits per heavy atom. The van der Waals surface area contributed by atoms with E-state index in [1.807, 2.05) is 30.3 Å². The maximum atomic E-state index is 12.7. The lowest BCUT2D eigenvalue weighted by atomic mass is 9.95. The van der Waals surface area contributed by atoms with Gasteiger partial charge in [-0.15, -0.1) is 0 Å². The molecule has 0 atom stereocenters. The van der Waals surface area contributed by atoms with Gasteiger partial charge in [-0.05, 0) is 42.3 Å². The van der Waals surface area contributed by atoms with Crippen molar-refractivity contribution >= 4 is 11.7 Å². The van der Waals surface area contributed by atoms with Crippen molar-refractivity contribution in [1.82, 2.24) is 10.3 Å². The van der Waals surface area contributed by atoms with Crippen LogP contribution in [0.1, 0.15) is 21.5 Å². The van der Waals surface area contributed by atoms with Crippen molar-refractivity contribution in [1.29, 1.82) is 0 Å². The smallest absolute Gasteiger partial charge is 0.259 e. The molecule has 1 aromatic heterocycles. The molecule has 1 amide bonds. The number of amides is 1. The van der Waals surface area contributed by atoms with Crippen LogP contribution in [0.25, 0.3) is 0 Å². The number of carbonyl (C=O) groups excluding carboxylic acids is 1. The Bertz CT molecular complexity index is 625. The first-order valence-electron chi connectivity index (χ1n) is 6.78. The molecule has 1 N–H and O–H groups in total. The maximum absolute atomic E-state index is 12.7. The zero-order valence-corrected chi connectivity index (χ0v) is 11.5. The second-order valence-electron chi connectivity index (χ2n) is 4.92. The number of aromatic nitrogens is 1. The summed E-state index contributed by atoms with van der Waals surface area (Å²) in [6, 6.07) is 11.5. The Labute approximate surface area is 118 Å². The Morgan fingerprint density at radius 3 is 2.95 bits per heavy atom. The summed E-state index contributed by atoms with van der Waals surface area (Å²) in [4.78, 5) is 18.5. The van der Waals surface area contributed by atoms with Crippen LogP contribution in [0.4, 0.5) is 5.82 Å². The summed E-state index contributed by atoms with van der Waals surface area (Å²) in [6.45, 7) is 1.76. The van der Waals surface area contributed by atoms with E-state index in [1.165, 1.54) is 11.1 Å². The summed E-state index contributed by atoms with van der Waals surface area (Å²) in [7, 11) is 1.77. The van der Waals surface area contributed by atoms with Crippen molar-refractivity contribution in [2.24, 2.45) is 0 Å². The highest BCUT2D eigenvalue weighted by Crippen LogP contribution is 2.21. The fraction of sp³-hybridized carbons (Fsp3) is 0.250. The zero-order chi connectivity index (χ0) is 13.9. The predicted octanol–water partition coefficient (Wildman–Crippen LogP) is 2.00. The Morgan fingerprint density at radius 1 is 1.25 bits per heavy atom. The zero-order valence-electron chi connectivity index (χ0n) is 11.5. The van der Waals surface area contributed by atoms with Gasteiger partial charge in [0.15, 0.2) is 0 Å². The fourth-order valence-electron chi connectivity index (χ4n) is 2.57. The molecule has 3 rings (SSSR count). The Hall–Kier alpha value is -2.20. The molecule has 0 unspecified atom stereocenters. The molecular weight excluding hydrogens is 250 g/mol. The summed E-state index contributed by atoms with van der Waals surface area (Å²) in [5.41, 5.74) is 3.17. The third-order valence-corrected chi connectivity index (χ3v) is 3.67. The van der Waals surface area contributed by atoms with E-state index in [1.54, 1.807) is 18.1 Å². The van der Waals surface area contributed by atoms with Gasteiger partial charge in [-0.3, -0.25) is 9.69 Å². The molecule has 0 bridgehead atoms. The normalized spacial score (nSPS) is 13.7. The molecule has 1 aliphatic heterocycles. The number of fused-ring (bicyclic) bond motifs is 1. The molecule has 0 saturated heterocycles. The monoisotopic (exact) mass is 267 g/mol. The number of carbonyl (C=O) groups is 1. The average molecular weight is 267 g/mol. The number of pyridine rings is 1. The lowest BCUT2D eigenvalue weighted by molar-refractivity contribution is 0.0991. The van der Waals surface area contributed by atoms with Crippen LogP contribution in [-0.2, 0) is 13.0 Å². The molecule has 0 saturated carbocycles. The predicted molar refractivity (Wildman–Crippen MR) is 78.8 cm³/mol. The minimum atomic E-state index is 0.00227. The second-order valence-corrected chi connectivity index (χ2v) is 4.92. The second kappa shape index (κ2) is 5.43. The first-order chi connectivity index (χ1) is 9.77. The molecule has 102 valence electrons. The first kappa shape index (κ1) is 12.8. The molecular formula is C16H17N3O. The van der Waals surface area contributed by atoms with Crippen molar-refractivity contribution in [3.05, 3.63) is 59.3 Å². The number of nitrogens with zero attached hydrogens (tertiary/aromatic N) is 2. The highest BCUT2D eigenvalue weighted by molar-refractivity contribution is 6.06. The van der Waals surface area contributed by atoms with Gasteiger partial charge in [0, 0.05) is 25.4 Å². The van der Waals surface area contributed by atoms with Gasteiger partial charge < -0.3 is 5.32 Å². The number of hydrogen-bond donors (Lipinski definition) is 1. The van der Waals surface area contributed by atoms with E-state index in [0.717, 1.165) is 25.1 Å². The van der Waals surface area contributed by atoms with Crippen molar-refractivity contribution in [3.8, 4) is 0 Å². The minimum Gasteiger partial charge on any atom is -0.312 e. The van der Waals surface area contributed by atoms with Gasteiger partial charge in [-0.2, -0.15) is 0 Å². The van der Waals surface area contributed by atoms with Crippen LogP contribution >= 0.6 is 0 Å². The lowest BCUT2D eigenvalue weighted by Gasteiger charge is -2.22. The standard InChI is InChI=1S/C16H17N3O/c1-19(15-7-2-3-9-18-15)16(20)14-6-4-5-12-11-17-10-8-13(12)14/h2-7,9,17H,8,10-11H2,1H3.